The molecule has 1 aliphatic rings. The number of ether oxygens (including phenoxy) is 1. The largest absolute Gasteiger partial charge is 0.494 e. The zero-order valence-electron chi connectivity index (χ0n) is 16.1. The summed E-state index contributed by atoms with van der Waals surface area (Å²) in [5, 5.41) is 15.1. The molecule has 0 spiro atoms. The summed E-state index contributed by atoms with van der Waals surface area (Å²) in [6.07, 6.45) is 3.70. The second-order valence-corrected chi connectivity index (χ2v) is 7.57. The summed E-state index contributed by atoms with van der Waals surface area (Å²) in [6.45, 7) is 4.58. The maximum atomic E-state index is 12.1. The average Bonchev–Trinajstić information content (AvgIpc) is 3.26. The van der Waals surface area contributed by atoms with Crippen molar-refractivity contribution < 1.29 is 9.53 Å². The molecule has 1 fully saturated rings. The van der Waals surface area contributed by atoms with E-state index in [1.165, 1.54) is 0 Å². The molecule has 1 aromatic heterocycles. The standard InChI is InChI=1S/C22H20N4O2S/c1-3-28-17-9-10-18(14(2)11-17)20-15(12-19-21(27)24-22(23)29-19)13-26(25-20)16-7-5-4-6-8-16/h4-13H,3H2,1-2H3,(H2,23,24,27)/b19-12-. The van der Waals surface area contributed by atoms with Gasteiger partial charge in [-0.3, -0.25) is 10.2 Å². The molecule has 0 radical (unpaired) electrons. The molecule has 0 bridgehead atoms. The zero-order valence-corrected chi connectivity index (χ0v) is 16.9. The number of carbonyl (C=O) groups is 1. The summed E-state index contributed by atoms with van der Waals surface area (Å²) in [7, 11) is 0. The van der Waals surface area contributed by atoms with Crippen LogP contribution in [0.25, 0.3) is 23.0 Å². The Kier molecular flexibility index (Phi) is 5.22. The van der Waals surface area contributed by atoms with Crippen LogP contribution >= 0.6 is 11.8 Å². The van der Waals surface area contributed by atoms with Crippen LogP contribution < -0.4 is 10.1 Å². The van der Waals surface area contributed by atoms with Crippen LogP contribution in [0, 0.1) is 12.3 Å². The highest BCUT2D eigenvalue weighted by Gasteiger charge is 2.24. The van der Waals surface area contributed by atoms with Crippen LogP contribution in [0.15, 0.2) is 59.6 Å². The van der Waals surface area contributed by atoms with Gasteiger partial charge in [0.15, 0.2) is 5.17 Å². The van der Waals surface area contributed by atoms with Crippen molar-refractivity contribution in [2.24, 2.45) is 0 Å². The van der Waals surface area contributed by atoms with Gasteiger partial charge in [0.2, 0.25) is 0 Å². The molecule has 3 aromatic rings. The smallest absolute Gasteiger partial charge is 0.264 e. The molecule has 0 atom stereocenters. The number of aromatic nitrogens is 2. The second kappa shape index (κ2) is 7.97. The first-order chi connectivity index (χ1) is 14.0. The molecule has 0 unspecified atom stereocenters. The van der Waals surface area contributed by atoms with Crippen LogP contribution in [0.4, 0.5) is 0 Å². The minimum atomic E-state index is -0.262. The van der Waals surface area contributed by atoms with Crippen LogP contribution in [-0.4, -0.2) is 27.5 Å². The first-order valence-electron chi connectivity index (χ1n) is 9.23. The fraction of sp³-hybridized carbons (Fsp3) is 0.136. The average molecular weight is 404 g/mol. The van der Waals surface area contributed by atoms with Crippen molar-refractivity contribution in [1.29, 1.82) is 5.41 Å². The van der Waals surface area contributed by atoms with Gasteiger partial charge in [-0.1, -0.05) is 18.2 Å². The van der Waals surface area contributed by atoms with Gasteiger partial charge in [-0.2, -0.15) is 5.10 Å². The number of rotatable bonds is 5. The lowest BCUT2D eigenvalue weighted by Crippen LogP contribution is -2.18. The molecule has 1 amide bonds. The lowest BCUT2D eigenvalue weighted by molar-refractivity contribution is -0.115. The number of nitrogens with one attached hydrogen (secondary N) is 2. The van der Waals surface area contributed by atoms with Gasteiger partial charge in [0.05, 0.1) is 17.2 Å². The maximum Gasteiger partial charge on any atom is 0.264 e. The van der Waals surface area contributed by atoms with Crippen molar-refractivity contribution in [3.63, 3.8) is 0 Å². The highest BCUT2D eigenvalue weighted by molar-refractivity contribution is 8.18. The predicted octanol–water partition coefficient (Wildman–Crippen LogP) is 4.39. The number of amides is 1. The number of hydrogen-bond acceptors (Lipinski definition) is 5. The highest BCUT2D eigenvalue weighted by atomic mass is 32.2. The molecular formula is C22H20N4O2S. The van der Waals surface area contributed by atoms with Gasteiger partial charge in [-0.15, -0.1) is 0 Å². The topological polar surface area (TPSA) is 80.0 Å². The van der Waals surface area contributed by atoms with Crippen LogP contribution in [0.2, 0.25) is 0 Å². The molecular weight excluding hydrogens is 384 g/mol. The van der Waals surface area contributed by atoms with Crippen LogP contribution in [0.3, 0.4) is 0 Å². The number of benzene rings is 2. The Labute approximate surface area is 173 Å². The Bertz CT molecular complexity index is 1120. The number of aryl methyl sites for hydroxylation is 1. The van der Waals surface area contributed by atoms with Gasteiger partial charge in [0.25, 0.3) is 5.91 Å². The van der Waals surface area contributed by atoms with E-state index in [1.54, 1.807) is 10.8 Å². The summed E-state index contributed by atoms with van der Waals surface area (Å²) in [4.78, 5) is 12.6. The molecule has 6 nitrogen and oxygen atoms in total. The molecule has 1 saturated heterocycles. The molecule has 7 heteroatoms. The van der Waals surface area contributed by atoms with E-state index >= 15 is 0 Å². The fourth-order valence-corrected chi connectivity index (χ4v) is 3.85. The fourth-order valence-electron chi connectivity index (χ4n) is 3.16. The van der Waals surface area contributed by atoms with Crippen molar-refractivity contribution >= 4 is 28.9 Å². The third-order valence-electron chi connectivity index (χ3n) is 4.48. The SMILES string of the molecule is CCOc1ccc(-c2nn(-c3ccccc3)cc2/C=C2\SC(=N)NC2=O)c(C)c1. The highest BCUT2D eigenvalue weighted by Crippen LogP contribution is 2.33. The van der Waals surface area contributed by atoms with Gasteiger partial charge >= 0.3 is 0 Å². The molecule has 146 valence electrons. The third kappa shape index (κ3) is 3.95. The monoisotopic (exact) mass is 404 g/mol. The lowest BCUT2D eigenvalue weighted by atomic mass is 10.0. The number of hydrogen-bond donors (Lipinski definition) is 2. The van der Waals surface area contributed by atoms with Crippen molar-refractivity contribution in [2.75, 3.05) is 6.61 Å². The normalized spacial score (nSPS) is 15.0. The van der Waals surface area contributed by atoms with Crippen molar-refractivity contribution in [1.82, 2.24) is 15.1 Å². The Morgan fingerprint density at radius 3 is 2.69 bits per heavy atom. The maximum absolute atomic E-state index is 12.1. The van der Waals surface area contributed by atoms with Gasteiger partial charge in [-0.25, -0.2) is 4.68 Å². The Balaban J connectivity index is 1.84. The summed E-state index contributed by atoms with van der Waals surface area (Å²) in [6, 6.07) is 15.7. The van der Waals surface area contributed by atoms with E-state index in [2.05, 4.69) is 5.32 Å². The Hall–Kier alpha value is -3.32. The Morgan fingerprint density at radius 2 is 2.03 bits per heavy atom. The Morgan fingerprint density at radius 1 is 1.24 bits per heavy atom. The molecule has 2 aromatic carbocycles. The quantitative estimate of drug-likeness (QED) is 0.618. The molecule has 1 aliphatic heterocycles. The van der Waals surface area contributed by atoms with E-state index in [0.717, 1.165) is 45.6 Å². The summed E-state index contributed by atoms with van der Waals surface area (Å²) < 4.78 is 7.40. The van der Waals surface area contributed by atoms with E-state index < -0.39 is 0 Å². The van der Waals surface area contributed by atoms with E-state index in [0.29, 0.717) is 11.5 Å². The molecule has 4 rings (SSSR count). The predicted molar refractivity (Wildman–Crippen MR) is 116 cm³/mol. The number of amidine groups is 1. The number of thioether (sulfide) groups is 1. The first kappa shape index (κ1) is 19.0. The lowest BCUT2D eigenvalue weighted by Gasteiger charge is -2.08. The van der Waals surface area contributed by atoms with Gasteiger partial charge in [-0.05, 0) is 67.6 Å². The second-order valence-electron chi connectivity index (χ2n) is 6.52. The van der Waals surface area contributed by atoms with E-state index in [1.807, 2.05) is 68.6 Å². The summed E-state index contributed by atoms with van der Waals surface area (Å²) >= 11 is 1.12. The minimum absolute atomic E-state index is 0.135. The van der Waals surface area contributed by atoms with Crippen LogP contribution in [-0.2, 0) is 4.79 Å². The van der Waals surface area contributed by atoms with E-state index in [-0.39, 0.29) is 11.1 Å². The molecule has 29 heavy (non-hydrogen) atoms. The first-order valence-corrected chi connectivity index (χ1v) is 10.0. The van der Waals surface area contributed by atoms with E-state index in [4.69, 9.17) is 15.2 Å². The van der Waals surface area contributed by atoms with Crippen molar-refractivity contribution in [2.45, 2.75) is 13.8 Å². The third-order valence-corrected chi connectivity index (χ3v) is 5.31. The van der Waals surface area contributed by atoms with Gasteiger partial charge < -0.3 is 10.1 Å². The summed E-state index contributed by atoms with van der Waals surface area (Å²) in [5.74, 6) is 0.553. The minimum Gasteiger partial charge on any atom is -0.494 e. The summed E-state index contributed by atoms with van der Waals surface area (Å²) in [5.41, 5.74) is 4.51. The molecule has 0 saturated carbocycles. The number of para-hydroxylation sites is 1. The van der Waals surface area contributed by atoms with Gasteiger partial charge in [0.1, 0.15) is 11.4 Å². The number of carbonyl (C=O) groups excluding carboxylic acids is 1. The van der Waals surface area contributed by atoms with Crippen LogP contribution in [0.5, 0.6) is 5.75 Å². The van der Waals surface area contributed by atoms with E-state index in [9.17, 15) is 4.79 Å². The molecule has 2 heterocycles. The van der Waals surface area contributed by atoms with Crippen molar-refractivity contribution in [3.05, 3.63) is 70.8 Å². The zero-order chi connectivity index (χ0) is 20.4. The van der Waals surface area contributed by atoms with Crippen LogP contribution in [0.1, 0.15) is 18.1 Å². The number of nitrogens with zero attached hydrogens (tertiary/aromatic N) is 2. The van der Waals surface area contributed by atoms with Crippen molar-refractivity contribution in [3.8, 4) is 22.7 Å². The molecule has 2 N–H and O–H groups in total. The van der Waals surface area contributed by atoms with Gasteiger partial charge in [0, 0.05) is 17.3 Å². The molecule has 0 aliphatic carbocycles.